The molecule has 0 atom stereocenters. The molecule has 1 N–H and O–H groups in total. The molecule has 2 rings (SSSR count). The van der Waals surface area contributed by atoms with Crippen LogP contribution >= 0.6 is 0 Å². The van der Waals surface area contributed by atoms with Gasteiger partial charge in [0.2, 0.25) is 0 Å². The van der Waals surface area contributed by atoms with Crippen LogP contribution in [0.5, 0.6) is 0 Å². The zero-order valence-corrected chi connectivity index (χ0v) is 9.97. The van der Waals surface area contributed by atoms with Gasteiger partial charge in [-0.25, -0.2) is 4.79 Å². The van der Waals surface area contributed by atoms with Crippen LogP contribution in [0.2, 0.25) is 0 Å². The first-order chi connectivity index (χ1) is 7.54. The number of methoxy groups -OCH3 is 1. The average Bonchev–Trinajstić information content (AvgIpc) is 2.69. The van der Waals surface area contributed by atoms with E-state index in [1.165, 1.54) is 23.8 Å². The van der Waals surface area contributed by atoms with E-state index < -0.39 is 0 Å². The lowest BCUT2D eigenvalue weighted by atomic mass is 10.0. The number of esters is 1. The molecule has 0 aliphatic heterocycles. The third kappa shape index (κ3) is 1.48. The van der Waals surface area contributed by atoms with Crippen molar-refractivity contribution >= 4 is 16.9 Å². The van der Waals surface area contributed by atoms with Crippen LogP contribution in [0.4, 0.5) is 0 Å². The van der Waals surface area contributed by atoms with E-state index in [1.54, 1.807) is 0 Å². The predicted molar refractivity (Wildman–Crippen MR) is 63.8 cm³/mol. The minimum absolute atomic E-state index is 0.328. The number of hydrogen-bond donors (Lipinski definition) is 1. The second-order valence-corrected chi connectivity index (χ2v) is 4.08. The fraction of sp³-hybridized carbons (Fsp3) is 0.308. The van der Waals surface area contributed by atoms with Gasteiger partial charge in [-0.1, -0.05) is 0 Å². The molecule has 0 aliphatic carbocycles. The number of aromatic nitrogens is 1. The van der Waals surface area contributed by atoms with Gasteiger partial charge in [-0.05, 0) is 49.6 Å². The molecule has 2 aromatic rings. The summed E-state index contributed by atoms with van der Waals surface area (Å²) in [7, 11) is 1.39. The van der Waals surface area contributed by atoms with Gasteiger partial charge in [0.25, 0.3) is 0 Å². The van der Waals surface area contributed by atoms with Crippen LogP contribution in [-0.4, -0.2) is 18.1 Å². The van der Waals surface area contributed by atoms with Crippen LogP contribution in [0.15, 0.2) is 12.1 Å². The van der Waals surface area contributed by atoms with Gasteiger partial charge in [0.15, 0.2) is 0 Å². The maximum atomic E-state index is 11.4. The number of aromatic amines is 1. The van der Waals surface area contributed by atoms with Gasteiger partial charge in [-0.15, -0.1) is 0 Å². The second-order valence-electron chi connectivity index (χ2n) is 4.08. The first-order valence-corrected chi connectivity index (χ1v) is 5.22. The molecule has 0 spiro atoms. The van der Waals surface area contributed by atoms with E-state index in [1.807, 2.05) is 6.07 Å². The molecule has 0 saturated heterocycles. The van der Waals surface area contributed by atoms with Crippen LogP contribution in [0.25, 0.3) is 10.9 Å². The van der Waals surface area contributed by atoms with Crippen molar-refractivity contribution in [3.63, 3.8) is 0 Å². The fourth-order valence-electron chi connectivity index (χ4n) is 1.94. The van der Waals surface area contributed by atoms with Gasteiger partial charge in [0.05, 0.1) is 7.11 Å². The van der Waals surface area contributed by atoms with Gasteiger partial charge in [0.1, 0.15) is 5.69 Å². The Hall–Kier alpha value is -1.77. The van der Waals surface area contributed by atoms with Gasteiger partial charge in [0, 0.05) is 10.9 Å². The summed E-state index contributed by atoms with van der Waals surface area (Å²) in [5.41, 5.74) is 5.19. The number of carbonyl (C=O) groups is 1. The van der Waals surface area contributed by atoms with Crippen molar-refractivity contribution in [2.45, 2.75) is 20.8 Å². The Morgan fingerprint density at radius 2 is 1.88 bits per heavy atom. The first-order valence-electron chi connectivity index (χ1n) is 5.22. The number of rotatable bonds is 1. The van der Waals surface area contributed by atoms with E-state index in [0.29, 0.717) is 5.69 Å². The number of carbonyl (C=O) groups excluding carboxylic acids is 1. The number of ether oxygens (including phenoxy) is 1. The normalized spacial score (nSPS) is 10.8. The van der Waals surface area contributed by atoms with E-state index >= 15 is 0 Å². The largest absolute Gasteiger partial charge is 0.464 e. The highest BCUT2D eigenvalue weighted by Crippen LogP contribution is 2.25. The summed E-state index contributed by atoms with van der Waals surface area (Å²) in [5.74, 6) is -0.328. The molecule has 3 nitrogen and oxygen atoms in total. The molecule has 3 heteroatoms. The summed E-state index contributed by atoms with van der Waals surface area (Å²) in [6.07, 6.45) is 0. The predicted octanol–water partition coefficient (Wildman–Crippen LogP) is 2.88. The van der Waals surface area contributed by atoms with Crippen LogP contribution in [0.3, 0.4) is 0 Å². The Bertz CT molecular complexity index is 567. The number of hydrogen-bond acceptors (Lipinski definition) is 2. The number of fused-ring (bicyclic) bond motifs is 1. The summed E-state index contributed by atoms with van der Waals surface area (Å²) >= 11 is 0. The number of benzene rings is 1. The number of aryl methyl sites for hydroxylation is 2. The summed E-state index contributed by atoms with van der Waals surface area (Å²) < 4.78 is 4.70. The monoisotopic (exact) mass is 217 g/mol. The molecule has 0 bridgehead atoms. The Balaban J connectivity index is 2.71. The molecule has 0 saturated carbocycles. The third-order valence-corrected chi connectivity index (χ3v) is 3.17. The summed E-state index contributed by atoms with van der Waals surface area (Å²) in [5, 5.41) is 1.09. The molecule has 0 fully saturated rings. The average molecular weight is 217 g/mol. The van der Waals surface area contributed by atoms with E-state index in [9.17, 15) is 4.79 Å². The Kier molecular flexibility index (Phi) is 2.46. The van der Waals surface area contributed by atoms with E-state index in [-0.39, 0.29) is 5.97 Å². The smallest absolute Gasteiger partial charge is 0.354 e. The number of H-pyrrole nitrogens is 1. The minimum Gasteiger partial charge on any atom is -0.464 e. The molecule has 1 aromatic heterocycles. The maximum absolute atomic E-state index is 11.4. The van der Waals surface area contributed by atoms with Gasteiger partial charge in [-0.3, -0.25) is 0 Å². The van der Waals surface area contributed by atoms with E-state index in [0.717, 1.165) is 10.9 Å². The molecular weight excluding hydrogens is 202 g/mol. The molecule has 0 radical (unpaired) electrons. The molecule has 0 amide bonds. The van der Waals surface area contributed by atoms with Crippen molar-refractivity contribution in [3.8, 4) is 0 Å². The Morgan fingerprint density at radius 1 is 1.19 bits per heavy atom. The van der Waals surface area contributed by atoms with Crippen LogP contribution in [-0.2, 0) is 4.74 Å². The van der Waals surface area contributed by atoms with Crippen molar-refractivity contribution in [1.82, 2.24) is 4.98 Å². The molecule has 0 aliphatic rings. The highest BCUT2D eigenvalue weighted by Gasteiger charge is 2.12. The lowest BCUT2D eigenvalue weighted by molar-refractivity contribution is 0.0595. The molecule has 1 aromatic carbocycles. The van der Waals surface area contributed by atoms with Crippen molar-refractivity contribution < 1.29 is 9.53 Å². The van der Waals surface area contributed by atoms with Crippen LogP contribution in [0, 0.1) is 20.8 Å². The highest BCUT2D eigenvalue weighted by molar-refractivity contribution is 5.96. The zero-order chi connectivity index (χ0) is 11.9. The second kappa shape index (κ2) is 3.67. The van der Waals surface area contributed by atoms with Gasteiger partial charge >= 0.3 is 5.97 Å². The Morgan fingerprint density at radius 3 is 2.50 bits per heavy atom. The first kappa shape index (κ1) is 10.7. The topological polar surface area (TPSA) is 42.1 Å². The van der Waals surface area contributed by atoms with Gasteiger partial charge in [-0.2, -0.15) is 0 Å². The van der Waals surface area contributed by atoms with Crippen molar-refractivity contribution in [3.05, 3.63) is 34.5 Å². The van der Waals surface area contributed by atoms with E-state index in [4.69, 9.17) is 4.74 Å². The van der Waals surface area contributed by atoms with Crippen molar-refractivity contribution in [1.29, 1.82) is 0 Å². The lowest BCUT2D eigenvalue weighted by Gasteiger charge is -2.05. The molecular formula is C13H15NO2. The van der Waals surface area contributed by atoms with Crippen LogP contribution in [0.1, 0.15) is 27.2 Å². The SMILES string of the molecule is COC(=O)c1cc2c(C)c(C)c(C)cc2[nH]1. The zero-order valence-electron chi connectivity index (χ0n) is 9.97. The Labute approximate surface area is 94.4 Å². The van der Waals surface area contributed by atoms with Gasteiger partial charge < -0.3 is 9.72 Å². The van der Waals surface area contributed by atoms with Crippen molar-refractivity contribution in [2.75, 3.05) is 7.11 Å². The van der Waals surface area contributed by atoms with Crippen LogP contribution < -0.4 is 0 Å². The molecule has 84 valence electrons. The summed E-state index contributed by atoms with van der Waals surface area (Å²) in [6.45, 7) is 6.23. The summed E-state index contributed by atoms with van der Waals surface area (Å²) in [6, 6.07) is 3.91. The standard InChI is InChI=1S/C13H15NO2/c1-7-5-11-10(9(3)8(7)2)6-12(14-11)13(15)16-4/h5-6,14H,1-4H3. The quantitative estimate of drug-likeness (QED) is 0.746. The highest BCUT2D eigenvalue weighted by atomic mass is 16.5. The van der Waals surface area contributed by atoms with E-state index in [2.05, 4.69) is 31.8 Å². The minimum atomic E-state index is -0.328. The third-order valence-electron chi connectivity index (χ3n) is 3.17. The number of nitrogens with one attached hydrogen (secondary N) is 1. The molecule has 0 unspecified atom stereocenters. The summed E-state index contributed by atoms with van der Waals surface area (Å²) in [4.78, 5) is 14.5. The maximum Gasteiger partial charge on any atom is 0.354 e. The molecule has 1 heterocycles. The van der Waals surface area contributed by atoms with Crippen molar-refractivity contribution in [2.24, 2.45) is 0 Å². The molecule has 16 heavy (non-hydrogen) atoms. The fourth-order valence-corrected chi connectivity index (χ4v) is 1.94. The lowest BCUT2D eigenvalue weighted by Crippen LogP contribution is -2.00.